The molecule has 0 radical (unpaired) electrons. The average Bonchev–Trinajstić information content (AvgIpc) is 2.95. The van der Waals surface area contributed by atoms with Crippen LogP contribution in [0, 0.1) is 0 Å². The molecule has 114 valence electrons. The monoisotopic (exact) mass is 307 g/mol. The van der Waals surface area contributed by atoms with Gasteiger partial charge in [-0.1, -0.05) is 37.3 Å². The second kappa shape index (κ2) is 6.41. The number of imidazole rings is 1. The highest BCUT2D eigenvalue weighted by atomic mass is 32.2. The van der Waals surface area contributed by atoms with Crippen molar-refractivity contribution in [2.45, 2.75) is 44.8 Å². The SMILES string of the molecule is CCc1ncc(S(=O)(=O)N(Cc2ccccc2)C(C)C)[nH]1. The van der Waals surface area contributed by atoms with Crippen LogP contribution in [-0.2, 0) is 23.0 Å². The van der Waals surface area contributed by atoms with Gasteiger partial charge >= 0.3 is 0 Å². The Hall–Kier alpha value is -1.66. The van der Waals surface area contributed by atoms with Crippen molar-refractivity contribution in [2.24, 2.45) is 0 Å². The number of sulfonamides is 1. The largest absolute Gasteiger partial charge is 0.332 e. The third kappa shape index (κ3) is 3.51. The van der Waals surface area contributed by atoms with Gasteiger partial charge in [0.2, 0.25) is 0 Å². The highest BCUT2D eigenvalue weighted by molar-refractivity contribution is 7.89. The van der Waals surface area contributed by atoms with Crippen molar-refractivity contribution < 1.29 is 8.42 Å². The second-order valence-corrected chi connectivity index (χ2v) is 7.04. The normalized spacial score (nSPS) is 12.2. The van der Waals surface area contributed by atoms with Gasteiger partial charge in [-0.2, -0.15) is 4.31 Å². The molecule has 21 heavy (non-hydrogen) atoms. The predicted molar refractivity (Wildman–Crippen MR) is 82.3 cm³/mol. The number of benzene rings is 1. The minimum atomic E-state index is -3.57. The quantitative estimate of drug-likeness (QED) is 0.892. The first-order valence-corrected chi connectivity index (χ1v) is 8.48. The summed E-state index contributed by atoms with van der Waals surface area (Å²) in [7, 11) is -3.57. The Morgan fingerprint density at radius 3 is 2.43 bits per heavy atom. The Labute approximate surface area is 126 Å². The van der Waals surface area contributed by atoms with Crippen molar-refractivity contribution in [2.75, 3.05) is 0 Å². The van der Waals surface area contributed by atoms with Crippen LogP contribution in [0.3, 0.4) is 0 Å². The number of hydrogen-bond acceptors (Lipinski definition) is 3. The summed E-state index contributed by atoms with van der Waals surface area (Å²) in [5.41, 5.74) is 0.963. The van der Waals surface area contributed by atoms with Gasteiger partial charge in [-0.05, 0) is 19.4 Å². The minimum Gasteiger partial charge on any atom is -0.332 e. The van der Waals surface area contributed by atoms with Gasteiger partial charge in [0, 0.05) is 19.0 Å². The maximum Gasteiger partial charge on any atom is 0.260 e. The van der Waals surface area contributed by atoms with E-state index in [1.54, 1.807) is 0 Å². The number of rotatable bonds is 6. The highest BCUT2D eigenvalue weighted by Gasteiger charge is 2.28. The highest BCUT2D eigenvalue weighted by Crippen LogP contribution is 2.19. The molecule has 0 unspecified atom stereocenters. The van der Waals surface area contributed by atoms with Crippen molar-refractivity contribution in [1.29, 1.82) is 0 Å². The number of aryl methyl sites for hydroxylation is 1. The Balaban J connectivity index is 2.32. The van der Waals surface area contributed by atoms with Crippen LogP contribution in [0.5, 0.6) is 0 Å². The molecule has 0 saturated carbocycles. The summed E-state index contributed by atoms with van der Waals surface area (Å²) in [5.74, 6) is 0.678. The van der Waals surface area contributed by atoms with E-state index in [1.165, 1.54) is 10.5 Å². The van der Waals surface area contributed by atoms with Crippen molar-refractivity contribution in [3.63, 3.8) is 0 Å². The molecule has 0 fully saturated rings. The first kappa shape index (κ1) is 15.7. The number of H-pyrrole nitrogens is 1. The molecule has 6 heteroatoms. The van der Waals surface area contributed by atoms with Crippen LogP contribution in [0.4, 0.5) is 0 Å². The zero-order valence-corrected chi connectivity index (χ0v) is 13.4. The standard InChI is InChI=1S/C15H21N3O2S/c1-4-14-16-10-15(17-14)21(19,20)18(12(2)3)11-13-8-6-5-7-9-13/h5-10,12H,4,11H2,1-3H3,(H,16,17). The molecule has 0 aliphatic rings. The summed E-state index contributed by atoms with van der Waals surface area (Å²) in [6.45, 7) is 6.02. The van der Waals surface area contributed by atoms with E-state index in [1.807, 2.05) is 51.1 Å². The molecule has 1 aromatic heterocycles. The lowest BCUT2D eigenvalue weighted by Gasteiger charge is -2.25. The van der Waals surface area contributed by atoms with Crippen molar-refractivity contribution in [3.8, 4) is 0 Å². The summed E-state index contributed by atoms with van der Waals surface area (Å²) in [5, 5.41) is 0.156. The van der Waals surface area contributed by atoms with E-state index in [4.69, 9.17) is 0 Å². The third-order valence-corrected chi connectivity index (χ3v) is 5.22. The molecule has 2 rings (SSSR count). The smallest absolute Gasteiger partial charge is 0.260 e. The first-order valence-electron chi connectivity index (χ1n) is 7.04. The fourth-order valence-electron chi connectivity index (χ4n) is 2.09. The van der Waals surface area contributed by atoms with E-state index in [9.17, 15) is 8.42 Å². The van der Waals surface area contributed by atoms with Gasteiger partial charge in [-0.25, -0.2) is 13.4 Å². The van der Waals surface area contributed by atoms with Gasteiger partial charge in [-0.15, -0.1) is 0 Å². The van der Waals surface area contributed by atoms with Crippen LogP contribution >= 0.6 is 0 Å². The van der Waals surface area contributed by atoms with Crippen molar-refractivity contribution in [1.82, 2.24) is 14.3 Å². The number of aromatic amines is 1. The lowest BCUT2D eigenvalue weighted by Crippen LogP contribution is -2.36. The zero-order chi connectivity index (χ0) is 15.5. The van der Waals surface area contributed by atoms with Crippen molar-refractivity contribution >= 4 is 10.0 Å². The second-order valence-electron chi connectivity index (χ2n) is 5.18. The van der Waals surface area contributed by atoms with Crippen LogP contribution in [0.2, 0.25) is 0 Å². The molecule has 0 aliphatic heterocycles. The van der Waals surface area contributed by atoms with Gasteiger partial charge in [0.05, 0.1) is 6.20 Å². The lowest BCUT2D eigenvalue weighted by atomic mass is 10.2. The molecule has 1 aromatic carbocycles. The number of nitrogens with zero attached hydrogens (tertiary/aromatic N) is 2. The topological polar surface area (TPSA) is 66.1 Å². The fourth-order valence-corrected chi connectivity index (χ4v) is 3.65. The van der Waals surface area contributed by atoms with E-state index in [-0.39, 0.29) is 11.1 Å². The molecular weight excluding hydrogens is 286 g/mol. The summed E-state index contributed by atoms with van der Waals surface area (Å²) in [6, 6.07) is 9.45. The van der Waals surface area contributed by atoms with Gasteiger partial charge < -0.3 is 4.98 Å². The maximum atomic E-state index is 12.8. The van der Waals surface area contributed by atoms with E-state index >= 15 is 0 Å². The Bertz CT molecular complexity index is 678. The Morgan fingerprint density at radius 1 is 1.24 bits per heavy atom. The molecule has 0 amide bonds. The number of hydrogen-bond donors (Lipinski definition) is 1. The van der Waals surface area contributed by atoms with E-state index in [0.717, 1.165) is 5.56 Å². The van der Waals surface area contributed by atoms with Gasteiger partial charge in [0.15, 0.2) is 5.03 Å². The predicted octanol–water partition coefficient (Wildman–Crippen LogP) is 2.57. The summed E-state index contributed by atoms with van der Waals surface area (Å²) in [4.78, 5) is 6.97. The molecule has 0 saturated heterocycles. The van der Waals surface area contributed by atoms with Gasteiger partial charge in [0.1, 0.15) is 5.82 Å². The first-order chi connectivity index (χ1) is 9.95. The molecule has 0 bridgehead atoms. The zero-order valence-electron chi connectivity index (χ0n) is 12.6. The molecular formula is C15H21N3O2S. The molecule has 5 nitrogen and oxygen atoms in total. The van der Waals surface area contributed by atoms with E-state index in [2.05, 4.69) is 9.97 Å². The van der Waals surface area contributed by atoms with Crippen LogP contribution < -0.4 is 0 Å². The summed E-state index contributed by atoms with van der Waals surface area (Å²) < 4.78 is 27.0. The van der Waals surface area contributed by atoms with Crippen LogP contribution in [-0.4, -0.2) is 28.7 Å². The summed E-state index contributed by atoms with van der Waals surface area (Å²) >= 11 is 0. The molecule has 1 N–H and O–H groups in total. The van der Waals surface area contributed by atoms with Crippen molar-refractivity contribution in [3.05, 3.63) is 47.9 Å². The Kier molecular flexibility index (Phi) is 4.80. The average molecular weight is 307 g/mol. The van der Waals surface area contributed by atoms with Gasteiger partial charge in [0.25, 0.3) is 10.0 Å². The summed E-state index contributed by atoms with van der Waals surface area (Å²) in [6.07, 6.45) is 2.07. The van der Waals surface area contributed by atoms with Gasteiger partial charge in [-0.3, -0.25) is 0 Å². The van der Waals surface area contributed by atoms with E-state index < -0.39 is 10.0 Å². The van der Waals surface area contributed by atoms with E-state index in [0.29, 0.717) is 18.8 Å². The molecule has 2 aromatic rings. The maximum absolute atomic E-state index is 12.8. The van der Waals surface area contributed by atoms with Crippen LogP contribution in [0.15, 0.2) is 41.6 Å². The Morgan fingerprint density at radius 2 is 1.90 bits per heavy atom. The molecule has 0 spiro atoms. The lowest BCUT2D eigenvalue weighted by molar-refractivity contribution is 0.347. The van der Waals surface area contributed by atoms with Crippen LogP contribution in [0.1, 0.15) is 32.2 Å². The molecule has 1 heterocycles. The minimum absolute atomic E-state index is 0.136. The number of nitrogens with one attached hydrogen (secondary N) is 1. The third-order valence-electron chi connectivity index (χ3n) is 3.28. The number of aromatic nitrogens is 2. The fraction of sp³-hybridized carbons (Fsp3) is 0.400. The molecule has 0 atom stereocenters. The molecule has 0 aliphatic carbocycles. The van der Waals surface area contributed by atoms with Crippen LogP contribution in [0.25, 0.3) is 0 Å².